The Labute approximate surface area is 282 Å². The van der Waals surface area contributed by atoms with E-state index in [4.69, 9.17) is 9.47 Å². The molecule has 0 saturated carbocycles. The summed E-state index contributed by atoms with van der Waals surface area (Å²) in [6.45, 7) is 16.6. The molecule has 0 saturated heterocycles. The van der Waals surface area contributed by atoms with Gasteiger partial charge in [0.25, 0.3) is 0 Å². The van der Waals surface area contributed by atoms with Crippen LogP contribution in [0.4, 0.5) is 4.79 Å². The van der Waals surface area contributed by atoms with Crippen molar-refractivity contribution in [1.29, 1.82) is 0 Å². The van der Waals surface area contributed by atoms with Gasteiger partial charge in [-0.05, 0) is 78.0 Å². The van der Waals surface area contributed by atoms with Gasteiger partial charge in [-0.25, -0.2) is 9.59 Å². The SMILES string of the molecule is CCCCCCCN(C(=O)C(C)NC(=O)OC(C)(C)C)C(C(=O)NC(Cc1ccccc1)C(=O)OC(C)(C)C)c1ccc(CC)cc1. The predicted molar refractivity (Wildman–Crippen MR) is 186 cm³/mol. The van der Waals surface area contributed by atoms with E-state index < -0.39 is 53.2 Å². The molecule has 0 heterocycles. The summed E-state index contributed by atoms with van der Waals surface area (Å²) < 4.78 is 11.1. The summed E-state index contributed by atoms with van der Waals surface area (Å²) in [5.41, 5.74) is 1.03. The molecule has 2 aromatic carbocycles. The Morgan fingerprint density at radius 2 is 1.34 bits per heavy atom. The Balaban J connectivity index is 2.54. The maximum Gasteiger partial charge on any atom is 0.408 e. The molecule has 9 nitrogen and oxygen atoms in total. The lowest BCUT2D eigenvalue weighted by molar-refractivity contribution is -0.159. The quantitative estimate of drug-likeness (QED) is 0.148. The van der Waals surface area contributed by atoms with Gasteiger partial charge in [-0.15, -0.1) is 0 Å². The van der Waals surface area contributed by atoms with Gasteiger partial charge < -0.3 is 25.0 Å². The zero-order chi connectivity index (χ0) is 35.2. The van der Waals surface area contributed by atoms with E-state index in [0.29, 0.717) is 12.0 Å². The third-order valence-electron chi connectivity index (χ3n) is 7.44. The number of amides is 3. The molecule has 47 heavy (non-hydrogen) atoms. The largest absolute Gasteiger partial charge is 0.458 e. The number of ether oxygens (including phenoxy) is 2. The maximum absolute atomic E-state index is 14.5. The highest BCUT2D eigenvalue weighted by molar-refractivity contribution is 5.93. The summed E-state index contributed by atoms with van der Waals surface area (Å²) in [6, 6.07) is 14.0. The maximum atomic E-state index is 14.5. The molecular weight excluding hydrogens is 594 g/mol. The molecule has 0 aliphatic heterocycles. The van der Waals surface area contributed by atoms with E-state index in [1.165, 1.54) is 4.90 Å². The van der Waals surface area contributed by atoms with Gasteiger partial charge in [-0.3, -0.25) is 9.59 Å². The van der Waals surface area contributed by atoms with E-state index in [9.17, 15) is 19.2 Å². The summed E-state index contributed by atoms with van der Waals surface area (Å²) in [6.07, 6.45) is 5.00. The molecule has 2 N–H and O–H groups in total. The number of alkyl carbamates (subject to hydrolysis) is 1. The zero-order valence-corrected chi connectivity index (χ0v) is 30.0. The van der Waals surface area contributed by atoms with Crippen molar-refractivity contribution in [1.82, 2.24) is 15.5 Å². The number of carbonyl (C=O) groups excluding carboxylic acids is 4. The Kier molecular flexibility index (Phi) is 15.4. The average Bonchev–Trinajstić information content (AvgIpc) is 2.98. The predicted octanol–water partition coefficient (Wildman–Crippen LogP) is 7.07. The second kappa shape index (κ2) is 18.5. The van der Waals surface area contributed by atoms with Crippen molar-refractivity contribution in [2.45, 2.75) is 137 Å². The number of esters is 1. The van der Waals surface area contributed by atoms with E-state index in [1.807, 2.05) is 61.5 Å². The molecule has 0 radical (unpaired) electrons. The number of aryl methyl sites for hydroxylation is 1. The smallest absolute Gasteiger partial charge is 0.408 e. The van der Waals surface area contributed by atoms with Gasteiger partial charge in [0.2, 0.25) is 11.8 Å². The molecule has 0 spiro atoms. The Morgan fingerprint density at radius 3 is 1.89 bits per heavy atom. The second-order valence-electron chi connectivity index (χ2n) is 14.1. The van der Waals surface area contributed by atoms with E-state index in [-0.39, 0.29) is 13.0 Å². The van der Waals surface area contributed by atoms with E-state index in [1.54, 1.807) is 48.5 Å². The first kappa shape index (κ1) is 39.3. The molecule has 2 aromatic rings. The van der Waals surface area contributed by atoms with Crippen LogP contribution in [0, 0.1) is 0 Å². The lowest BCUT2D eigenvalue weighted by Crippen LogP contribution is -2.54. The first-order valence-corrected chi connectivity index (χ1v) is 17.0. The highest BCUT2D eigenvalue weighted by atomic mass is 16.6. The minimum absolute atomic E-state index is 0.213. The fraction of sp³-hybridized carbons (Fsp3) is 0.579. The lowest BCUT2D eigenvalue weighted by Gasteiger charge is -2.35. The molecule has 260 valence electrons. The van der Waals surface area contributed by atoms with Crippen LogP contribution in [0.1, 0.15) is 117 Å². The summed E-state index contributed by atoms with van der Waals surface area (Å²) in [4.78, 5) is 56.3. The monoisotopic (exact) mass is 651 g/mol. The third kappa shape index (κ3) is 14.2. The molecule has 9 heteroatoms. The van der Waals surface area contributed by atoms with Crippen LogP contribution in [-0.4, -0.2) is 58.6 Å². The van der Waals surface area contributed by atoms with Crippen LogP contribution in [-0.2, 0) is 36.7 Å². The van der Waals surface area contributed by atoms with Gasteiger partial charge >= 0.3 is 12.1 Å². The summed E-state index contributed by atoms with van der Waals surface area (Å²) in [5, 5.41) is 5.60. The number of carbonyl (C=O) groups is 4. The summed E-state index contributed by atoms with van der Waals surface area (Å²) >= 11 is 0. The van der Waals surface area contributed by atoms with E-state index >= 15 is 0 Å². The van der Waals surface area contributed by atoms with Gasteiger partial charge in [-0.1, -0.05) is 94.1 Å². The van der Waals surface area contributed by atoms with Crippen molar-refractivity contribution in [2.24, 2.45) is 0 Å². The molecular formula is C38H57N3O6. The summed E-state index contributed by atoms with van der Waals surface area (Å²) in [5.74, 6) is -1.50. The van der Waals surface area contributed by atoms with Crippen molar-refractivity contribution in [2.75, 3.05) is 6.54 Å². The first-order valence-electron chi connectivity index (χ1n) is 17.0. The molecule has 0 aromatic heterocycles. The van der Waals surface area contributed by atoms with Crippen molar-refractivity contribution >= 4 is 23.9 Å². The molecule has 0 bridgehead atoms. The lowest BCUT2D eigenvalue weighted by atomic mass is 9.99. The van der Waals surface area contributed by atoms with Gasteiger partial charge in [0.1, 0.15) is 29.3 Å². The second-order valence-corrected chi connectivity index (χ2v) is 14.1. The van der Waals surface area contributed by atoms with Crippen molar-refractivity contribution in [3.05, 3.63) is 71.3 Å². The molecule has 0 aliphatic rings. The third-order valence-corrected chi connectivity index (χ3v) is 7.44. The van der Waals surface area contributed by atoms with Crippen LogP contribution < -0.4 is 10.6 Å². The number of benzene rings is 2. The van der Waals surface area contributed by atoms with E-state index in [0.717, 1.165) is 43.2 Å². The molecule has 0 aliphatic carbocycles. The van der Waals surface area contributed by atoms with Gasteiger partial charge in [0.15, 0.2) is 0 Å². The van der Waals surface area contributed by atoms with Gasteiger partial charge in [-0.2, -0.15) is 0 Å². The van der Waals surface area contributed by atoms with Crippen molar-refractivity contribution in [3.63, 3.8) is 0 Å². The Bertz CT molecular complexity index is 1280. The van der Waals surface area contributed by atoms with Crippen molar-refractivity contribution in [3.8, 4) is 0 Å². The average molecular weight is 652 g/mol. The van der Waals surface area contributed by atoms with Crippen LogP contribution in [0.3, 0.4) is 0 Å². The Hall–Kier alpha value is -3.88. The van der Waals surface area contributed by atoms with Crippen LogP contribution >= 0.6 is 0 Å². The number of nitrogens with zero attached hydrogens (tertiary/aromatic N) is 1. The number of hydrogen-bond donors (Lipinski definition) is 2. The minimum atomic E-state index is -1.07. The zero-order valence-electron chi connectivity index (χ0n) is 30.0. The number of unbranched alkanes of at least 4 members (excludes halogenated alkanes) is 4. The molecule has 2 rings (SSSR count). The fourth-order valence-electron chi connectivity index (χ4n) is 5.12. The van der Waals surface area contributed by atoms with Crippen molar-refractivity contribution < 1.29 is 28.7 Å². The summed E-state index contributed by atoms with van der Waals surface area (Å²) in [7, 11) is 0. The molecule has 0 fully saturated rings. The normalized spacial score (nSPS) is 13.6. The number of rotatable bonds is 16. The van der Waals surface area contributed by atoms with Crippen LogP contribution in [0.15, 0.2) is 54.6 Å². The highest BCUT2D eigenvalue weighted by Crippen LogP contribution is 2.25. The fourth-order valence-corrected chi connectivity index (χ4v) is 5.12. The minimum Gasteiger partial charge on any atom is -0.458 e. The molecule has 3 amide bonds. The number of hydrogen-bond acceptors (Lipinski definition) is 6. The highest BCUT2D eigenvalue weighted by Gasteiger charge is 2.37. The van der Waals surface area contributed by atoms with Crippen LogP contribution in [0.25, 0.3) is 0 Å². The standard InChI is InChI=1S/C38H57N3O6/c1-10-12-13-14-18-25-41(34(43)27(3)39-36(45)47-38(7,8)9)32(30-23-21-28(11-2)22-24-30)33(42)40-31(35(44)46-37(4,5)6)26-29-19-16-15-17-20-29/h15-17,19-24,27,31-32H,10-14,18,25-26H2,1-9H3,(H,39,45)(H,40,42). The van der Waals surface area contributed by atoms with Gasteiger partial charge in [0.05, 0.1) is 0 Å². The van der Waals surface area contributed by atoms with Crippen LogP contribution in [0.2, 0.25) is 0 Å². The number of nitrogens with one attached hydrogen (secondary N) is 2. The van der Waals surface area contributed by atoms with Crippen LogP contribution in [0.5, 0.6) is 0 Å². The van der Waals surface area contributed by atoms with Gasteiger partial charge in [0, 0.05) is 13.0 Å². The topological polar surface area (TPSA) is 114 Å². The Morgan fingerprint density at radius 1 is 0.745 bits per heavy atom. The molecule has 3 atom stereocenters. The first-order chi connectivity index (χ1) is 22.0. The van der Waals surface area contributed by atoms with E-state index in [2.05, 4.69) is 17.6 Å². The molecule has 3 unspecified atom stereocenters.